The summed E-state index contributed by atoms with van der Waals surface area (Å²) in [5.74, 6) is 1.09. The maximum Gasteiger partial charge on any atom is 0.326 e. The van der Waals surface area contributed by atoms with Gasteiger partial charge in [0.25, 0.3) is 5.56 Å². The van der Waals surface area contributed by atoms with Gasteiger partial charge in [0, 0.05) is 29.4 Å². The van der Waals surface area contributed by atoms with Crippen LogP contribution in [-0.2, 0) is 0 Å². The van der Waals surface area contributed by atoms with Crippen LogP contribution in [-0.4, -0.2) is 29.7 Å². The summed E-state index contributed by atoms with van der Waals surface area (Å²) in [6, 6.07) is 17.3. The number of pyridine rings is 2. The zero-order valence-electron chi connectivity index (χ0n) is 23.7. The van der Waals surface area contributed by atoms with Gasteiger partial charge in [-0.15, -0.1) is 0 Å². The van der Waals surface area contributed by atoms with E-state index in [0.29, 0.717) is 17.9 Å². The highest BCUT2D eigenvalue weighted by Crippen LogP contribution is 2.39. The van der Waals surface area contributed by atoms with Crippen LogP contribution in [0.3, 0.4) is 0 Å². The molecule has 2 amide bonds. The maximum atomic E-state index is 13.9. The van der Waals surface area contributed by atoms with E-state index in [1.807, 2.05) is 36.4 Å². The van der Waals surface area contributed by atoms with E-state index in [0.717, 1.165) is 51.9 Å². The van der Waals surface area contributed by atoms with E-state index in [4.69, 9.17) is 4.74 Å². The lowest BCUT2D eigenvalue weighted by atomic mass is 9.88. The van der Waals surface area contributed by atoms with Gasteiger partial charge in [-0.05, 0) is 71.3 Å². The van der Waals surface area contributed by atoms with Crippen molar-refractivity contribution in [3.05, 3.63) is 82.3 Å². The number of aromatic amines is 1. The van der Waals surface area contributed by atoms with Crippen LogP contribution < -0.4 is 20.5 Å². The van der Waals surface area contributed by atoms with E-state index in [1.165, 1.54) is 0 Å². The number of hydrogen-bond acceptors (Lipinski definition) is 4. The van der Waals surface area contributed by atoms with Crippen LogP contribution in [0.25, 0.3) is 22.2 Å². The lowest BCUT2D eigenvalue weighted by Crippen LogP contribution is -2.39. The van der Waals surface area contributed by atoms with Crippen molar-refractivity contribution in [3.63, 3.8) is 0 Å². The van der Waals surface area contributed by atoms with Crippen LogP contribution in [0.4, 0.5) is 16.2 Å². The van der Waals surface area contributed by atoms with Gasteiger partial charge >= 0.3 is 6.03 Å². The molecule has 0 bridgehead atoms. The molecule has 4 rings (SSSR count). The number of H-pyrrole nitrogens is 1. The topological polar surface area (TPSA) is 87.3 Å². The zero-order valence-corrected chi connectivity index (χ0v) is 23.7. The molecule has 0 aliphatic heterocycles. The van der Waals surface area contributed by atoms with Crippen LogP contribution in [0.5, 0.6) is 5.75 Å². The number of anilines is 2. The van der Waals surface area contributed by atoms with Crippen molar-refractivity contribution in [2.45, 2.75) is 59.3 Å². The fourth-order valence-corrected chi connectivity index (χ4v) is 4.83. The average Bonchev–Trinajstić information content (AvgIpc) is 2.93. The summed E-state index contributed by atoms with van der Waals surface area (Å²) < 4.78 is 5.64. The molecule has 39 heavy (non-hydrogen) atoms. The highest BCUT2D eigenvalue weighted by molar-refractivity contribution is 6.03. The number of benzene rings is 2. The standard InChI is InChI=1S/C32H38N4O3/c1-7-8-16-36(27-19-22-12-11-15-33-30(22)35-31(27)37)32(38)34-29-25(20(2)3)17-23(18-26(29)21(4)5)24-13-9-10-14-28(24)39-6/h9-15,17-21H,7-8,16H2,1-6H3,(H,34,38)(H,33,35,37). The number of rotatable bonds is 9. The number of unbranched alkanes of at least 4 members (excludes halogenated alkanes) is 1. The van der Waals surface area contributed by atoms with Crippen LogP contribution in [0, 0.1) is 0 Å². The number of carbonyl (C=O) groups is 1. The maximum absolute atomic E-state index is 13.9. The third-order valence-corrected chi connectivity index (χ3v) is 6.96. The molecule has 0 radical (unpaired) electrons. The molecule has 4 aromatic rings. The summed E-state index contributed by atoms with van der Waals surface area (Å²) in [7, 11) is 1.68. The van der Waals surface area contributed by atoms with E-state index in [1.54, 1.807) is 24.3 Å². The minimum atomic E-state index is -0.341. The number of hydrogen-bond donors (Lipinski definition) is 2. The number of ether oxygens (including phenoxy) is 1. The van der Waals surface area contributed by atoms with Gasteiger partial charge in [-0.25, -0.2) is 9.78 Å². The van der Waals surface area contributed by atoms with Crippen LogP contribution in [0.2, 0.25) is 0 Å². The average molecular weight is 527 g/mol. The van der Waals surface area contributed by atoms with Crippen molar-refractivity contribution in [1.29, 1.82) is 0 Å². The van der Waals surface area contributed by atoms with Gasteiger partial charge in [-0.3, -0.25) is 9.69 Å². The fourth-order valence-electron chi connectivity index (χ4n) is 4.83. The summed E-state index contributed by atoms with van der Waals surface area (Å²) in [4.78, 5) is 35.6. The Hall–Kier alpha value is -4.13. The van der Waals surface area contributed by atoms with Gasteiger partial charge in [0.1, 0.15) is 17.1 Å². The SMILES string of the molecule is CCCCN(C(=O)Nc1c(C(C)C)cc(-c2ccccc2OC)cc1C(C)C)c1cc2cccnc2[nH]c1=O. The van der Waals surface area contributed by atoms with Crippen molar-refractivity contribution in [2.24, 2.45) is 0 Å². The number of urea groups is 1. The first kappa shape index (κ1) is 27.9. The third-order valence-electron chi connectivity index (χ3n) is 6.96. The van der Waals surface area contributed by atoms with Gasteiger partial charge in [0.05, 0.1) is 7.11 Å². The van der Waals surface area contributed by atoms with Gasteiger partial charge in [-0.2, -0.15) is 0 Å². The van der Waals surface area contributed by atoms with Crippen LogP contribution >= 0.6 is 0 Å². The molecule has 2 heterocycles. The predicted octanol–water partition coefficient (Wildman–Crippen LogP) is 7.68. The summed E-state index contributed by atoms with van der Waals surface area (Å²) >= 11 is 0. The number of aromatic nitrogens is 2. The van der Waals surface area contributed by atoms with Crippen molar-refractivity contribution >= 4 is 28.4 Å². The van der Waals surface area contributed by atoms with E-state index >= 15 is 0 Å². The lowest BCUT2D eigenvalue weighted by Gasteiger charge is -2.27. The van der Waals surface area contributed by atoms with Gasteiger partial charge in [0.2, 0.25) is 0 Å². The number of fused-ring (bicyclic) bond motifs is 1. The van der Waals surface area contributed by atoms with Crippen LogP contribution in [0.1, 0.15) is 70.4 Å². The van der Waals surface area contributed by atoms with Gasteiger partial charge < -0.3 is 15.0 Å². The highest BCUT2D eigenvalue weighted by atomic mass is 16.5. The van der Waals surface area contributed by atoms with Crippen molar-refractivity contribution in [2.75, 3.05) is 23.9 Å². The molecule has 204 valence electrons. The quantitative estimate of drug-likeness (QED) is 0.234. The first-order valence-corrected chi connectivity index (χ1v) is 13.6. The predicted molar refractivity (Wildman–Crippen MR) is 160 cm³/mol. The van der Waals surface area contributed by atoms with Crippen molar-refractivity contribution in [1.82, 2.24) is 9.97 Å². The number of para-hydroxylation sites is 1. The molecule has 0 fully saturated rings. The van der Waals surface area contributed by atoms with E-state index in [9.17, 15) is 9.59 Å². The monoisotopic (exact) mass is 526 g/mol. The van der Waals surface area contributed by atoms with E-state index in [2.05, 4.69) is 62.0 Å². The lowest BCUT2D eigenvalue weighted by molar-refractivity contribution is 0.256. The second-order valence-electron chi connectivity index (χ2n) is 10.4. The molecular formula is C32H38N4O3. The molecule has 0 aliphatic carbocycles. The Kier molecular flexibility index (Phi) is 8.69. The first-order valence-electron chi connectivity index (χ1n) is 13.6. The van der Waals surface area contributed by atoms with E-state index < -0.39 is 0 Å². The van der Waals surface area contributed by atoms with Crippen molar-refractivity contribution in [3.8, 4) is 16.9 Å². The smallest absolute Gasteiger partial charge is 0.326 e. The molecule has 0 saturated heterocycles. The fraction of sp³-hybridized carbons (Fsp3) is 0.344. The molecule has 0 spiro atoms. The minimum Gasteiger partial charge on any atom is -0.496 e. The summed E-state index contributed by atoms with van der Waals surface area (Å²) in [6.45, 7) is 11.0. The third kappa shape index (κ3) is 5.98. The first-order chi connectivity index (χ1) is 18.7. The number of carbonyl (C=O) groups excluding carboxylic acids is 1. The second kappa shape index (κ2) is 12.2. The second-order valence-corrected chi connectivity index (χ2v) is 10.4. The largest absolute Gasteiger partial charge is 0.496 e. The minimum absolute atomic E-state index is 0.145. The van der Waals surface area contributed by atoms with Crippen molar-refractivity contribution < 1.29 is 9.53 Å². The van der Waals surface area contributed by atoms with Gasteiger partial charge in [-0.1, -0.05) is 59.2 Å². The molecule has 2 N–H and O–H groups in total. The molecule has 7 nitrogen and oxygen atoms in total. The Morgan fingerprint density at radius 3 is 2.36 bits per heavy atom. The zero-order chi connectivity index (χ0) is 28.1. The summed E-state index contributed by atoms with van der Waals surface area (Å²) in [5, 5.41) is 3.99. The molecule has 0 saturated carbocycles. The summed E-state index contributed by atoms with van der Waals surface area (Å²) in [6.07, 6.45) is 3.28. The Balaban J connectivity index is 1.81. The Bertz CT molecular complexity index is 1490. The molecular weight excluding hydrogens is 488 g/mol. The highest BCUT2D eigenvalue weighted by Gasteiger charge is 2.24. The Morgan fingerprint density at radius 2 is 1.72 bits per heavy atom. The molecule has 0 unspecified atom stereocenters. The Morgan fingerprint density at radius 1 is 1.03 bits per heavy atom. The summed E-state index contributed by atoms with van der Waals surface area (Å²) in [5.41, 5.74) is 5.37. The number of nitrogens with zero attached hydrogens (tertiary/aromatic N) is 2. The normalized spacial score (nSPS) is 11.3. The molecule has 2 aromatic heterocycles. The molecule has 0 atom stereocenters. The van der Waals surface area contributed by atoms with Gasteiger partial charge in [0.15, 0.2) is 0 Å². The Labute approximate surface area is 230 Å². The number of nitrogens with one attached hydrogen (secondary N) is 2. The van der Waals surface area contributed by atoms with Crippen LogP contribution in [0.15, 0.2) is 65.6 Å². The molecule has 0 aliphatic rings. The van der Waals surface area contributed by atoms with E-state index in [-0.39, 0.29) is 23.4 Å². The number of amides is 2. The number of methoxy groups -OCH3 is 1. The molecule has 7 heteroatoms. The molecule has 2 aromatic carbocycles.